The summed E-state index contributed by atoms with van der Waals surface area (Å²) in [4.78, 5) is 25.5. The molecule has 1 saturated heterocycles. The van der Waals surface area contributed by atoms with E-state index in [1.165, 1.54) is 0 Å². The lowest BCUT2D eigenvalue weighted by Crippen LogP contribution is -2.53. The molecule has 7 nitrogen and oxygen atoms in total. The zero-order valence-electron chi connectivity index (χ0n) is 11.7. The molecular formula is C14H17N3O4. The van der Waals surface area contributed by atoms with Gasteiger partial charge in [-0.2, -0.15) is 0 Å². The first kappa shape index (κ1) is 13.7. The molecule has 0 spiro atoms. The Balaban J connectivity index is 1.64. The van der Waals surface area contributed by atoms with Crippen molar-refractivity contribution in [3.63, 3.8) is 0 Å². The second-order valence-corrected chi connectivity index (χ2v) is 5.05. The van der Waals surface area contributed by atoms with Crippen molar-refractivity contribution in [3.05, 3.63) is 18.2 Å². The van der Waals surface area contributed by atoms with Crippen molar-refractivity contribution in [2.24, 2.45) is 0 Å². The summed E-state index contributed by atoms with van der Waals surface area (Å²) in [5.74, 6) is 1.10. The standard InChI is InChI=1S/C14H17N3O4/c1-9(17-5-4-15-13(18)7-17)14(19)16-10-2-3-11-12(6-10)21-8-20-11/h2-3,6,9H,4-5,7-8H2,1H3,(H,15,18)(H,16,19)/t9-/m1/s1. The first-order chi connectivity index (χ1) is 10.1. The van der Waals surface area contributed by atoms with Crippen LogP contribution < -0.4 is 20.1 Å². The number of fused-ring (bicyclic) bond motifs is 1. The molecule has 0 unspecified atom stereocenters. The molecule has 112 valence electrons. The molecule has 1 fully saturated rings. The van der Waals surface area contributed by atoms with E-state index in [2.05, 4.69) is 10.6 Å². The van der Waals surface area contributed by atoms with Gasteiger partial charge in [-0.1, -0.05) is 0 Å². The van der Waals surface area contributed by atoms with Crippen molar-refractivity contribution in [2.45, 2.75) is 13.0 Å². The summed E-state index contributed by atoms with van der Waals surface area (Å²) in [6.07, 6.45) is 0. The van der Waals surface area contributed by atoms with E-state index >= 15 is 0 Å². The molecule has 0 bridgehead atoms. The Morgan fingerprint density at radius 2 is 2.19 bits per heavy atom. The van der Waals surface area contributed by atoms with Gasteiger partial charge in [-0.05, 0) is 19.1 Å². The van der Waals surface area contributed by atoms with Gasteiger partial charge < -0.3 is 20.1 Å². The molecule has 2 aliphatic rings. The van der Waals surface area contributed by atoms with E-state index in [0.29, 0.717) is 30.3 Å². The smallest absolute Gasteiger partial charge is 0.241 e. The average molecular weight is 291 g/mol. The van der Waals surface area contributed by atoms with E-state index in [0.717, 1.165) is 0 Å². The van der Waals surface area contributed by atoms with Gasteiger partial charge in [0.05, 0.1) is 12.6 Å². The van der Waals surface area contributed by atoms with Gasteiger partial charge in [0.15, 0.2) is 11.5 Å². The minimum atomic E-state index is -0.374. The highest BCUT2D eigenvalue weighted by Gasteiger charge is 2.26. The molecule has 21 heavy (non-hydrogen) atoms. The largest absolute Gasteiger partial charge is 0.454 e. The summed E-state index contributed by atoms with van der Waals surface area (Å²) in [6, 6.07) is 4.88. The van der Waals surface area contributed by atoms with Crippen LogP contribution in [0, 0.1) is 0 Å². The molecule has 1 aromatic carbocycles. The zero-order valence-corrected chi connectivity index (χ0v) is 11.7. The van der Waals surface area contributed by atoms with Crippen LogP contribution in [0.5, 0.6) is 11.5 Å². The van der Waals surface area contributed by atoms with E-state index in [9.17, 15) is 9.59 Å². The first-order valence-corrected chi connectivity index (χ1v) is 6.85. The highest BCUT2D eigenvalue weighted by Crippen LogP contribution is 2.34. The zero-order chi connectivity index (χ0) is 14.8. The van der Waals surface area contributed by atoms with Crippen LogP contribution >= 0.6 is 0 Å². The van der Waals surface area contributed by atoms with Crippen LogP contribution in [0.4, 0.5) is 5.69 Å². The molecule has 2 aliphatic heterocycles. The van der Waals surface area contributed by atoms with Crippen LogP contribution in [0.1, 0.15) is 6.92 Å². The highest BCUT2D eigenvalue weighted by molar-refractivity contribution is 5.95. The summed E-state index contributed by atoms with van der Waals surface area (Å²) < 4.78 is 10.5. The third kappa shape index (κ3) is 2.92. The van der Waals surface area contributed by atoms with Crippen LogP contribution in [0.15, 0.2) is 18.2 Å². The fourth-order valence-corrected chi connectivity index (χ4v) is 2.38. The van der Waals surface area contributed by atoms with Crippen molar-refractivity contribution in [3.8, 4) is 11.5 Å². The van der Waals surface area contributed by atoms with Gasteiger partial charge in [-0.3, -0.25) is 14.5 Å². The fourth-order valence-electron chi connectivity index (χ4n) is 2.38. The summed E-state index contributed by atoms with van der Waals surface area (Å²) in [6.45, 7) is 3.48. The molecule has 2 amide bonds. The number of carbonyl (C=O) groups excluding carboxylic acids is 2. The lowest BCUT2D eigenvalue weighted by atomic mass is 10.2. The van der Waals surface area contributed by atoms with Gasteiger partial charge in [0.25, 0.3) is 0 Å². The Morgan fingerprint density at radius 1 is 1.38 bits per heavy atom. The number of rotatable bonds is 3. The SMILES string of the molecule is C[C@H](C(=O)Nc1ccc2c(c1)OCO2)N1CCNC(=O)C1. The monoisotopic (exact) mass is 291 g/mol. The maximum Gasteiger partial charge on any atom is 0.241 e. The molecule has 3 rings (SSSR count). The fraction of sp³-hybridized carbons (Fsp3) is 0.429. The summed E-state index contributed by atoms with van der Waals surface area (Å²) in [5, 5.41) is 5.58. The third-order valence-corrected chi connectivity index (χ3v) is 3.64. The Kier molecular flexibility index (Phi) is 3.66. The minimum Gasteiger partial charge on any atom is -0.454 e. The van der Waals surface area contributed by atoms with Crippen LogP contribution in [0.25, 0.3) is 0 Å². The van der Waals surface area contributed by atoms with Gasteiger partial charge in [-0.15, -0.1) is 0 Å². The third-order valence-electron chi connectivity index (χ3n) is 3.64. The van der Waals surface area contributed by atoms with Crippen LogP contribution in [0.3, 0.4) is 0 Å². The predicted octanol–water partition coefficient (Wildman–Crippen LogP) is 0.174. The number of piperazine rings is 1. The number of anilines is 1. The molecule has 7 heteroatoms. The van der Waals surface area contributed by atoms with E-state index in [1.807, 2.05) is 4.90 Å². The van der Waals surface area contributed by atoms with Crippen molar-refractivity contribution >= 4 is 17.5 Å². The molecule has 0 radical (unpaired) electrons. The molecular weight excluding hydrogens is 274 g/mol. The number of ether oxygens (including phenoxy) is 2. The van der Waals surface area contributed by atoms with E-state index in [1.54, 1.807) is 25.1 Å². The first-order valence-electron chi connectivity index (χ1n) is 6.85. The number of amides is 2. The number of hydrogen-bond donors (Lipinski definition) is 2. The normalized spacial score (nSPS) is 19.0. The molecule has 0 aliphatic carbocycles. The topological polar surface area (TPSA) is 79.9 Å². The van der Waals surface area contributed by atoms with Crippen LogP contribution in [0.2, 0.25) is 0 Å². The quantitative estimate of drug-likeness (QED) is 0.830. The molecule has 1 aromatic rings. The van der Waals surface area contributed by atoms with Crippen molar-refractivity contribution in [1.29, 1.82) is 0 Å². The second kappa shape index (κ2) is 5.61. The van der Waals surface area contributed by atoms with Crippen LogP contribution in [-0.4, -0.2) is 49.2 Å². The van der Waals surface area contributed by atoms with E-state index < -0.39 is 0 Å². The lowest BCUT2D eigenvalue weighted by molar-refractivity contribution is -0.127. The van der Waals surface area contributed by atoms with Gasteiger partial charge in [0, 0.05) is 24.8 Å². The minimum absolute atomic E-state index is 0.0519. The lowest BCUT2D eigenvalue weighted by Gasteiger charge is -2.31. The van der Waals surface area contributed by atoms with Crippen molar-refractivity contribution in [1.82, 2.24) is 10.2 Å². The molecule has 0 aromatic heterocycles. The number of carbonyl (C=O) groups is 2. The average Bonchev–Trinajstić information content (AvgIpc) is 2.94. The number of hydrogen-bond acceptors (Lipinski definition) is 5. The van der Waals surface area contributed by atoms with Crippen molar-refractivity contribution in [2.75, 3.05) is 31.7 Å². The second-order valence-electron chi connectivity index (χ2n) is 5.05. The van der Waals surface area contributed by atoms with E-state index in [-0.39, 0.29) is 31.2 Å². The number of nitrogens with zero attached hydrogens (tertiary/aromatic N) is 1. The summed E-state index contributed by atoms with van der Waals surface area (Å²) in [7, 11) is 0. The molecule has 1 atom stereocenters. The Labute approximate surface area is 122 Å². The van der Waals surface area contributed by atoms with Gasteiger partial charge in [-0.25, -0.2) is 0 Å². The summed E-state index contributed by atoms with van der Waals surface area (Å²) >= 11 is 0. The van der Waals surface area contributed by atoms with Gasteiger partial charge >= 0.3 is 0 Å². The maximum atomic E-state index is 12.3. The molecule has 2 heterocycles. The Morgan fingerprint density at radius 3 is 3.00 bits per heavy atom. The maximum absolute atomic E-state index is 12.3. The molecule has 2 N–H and O–H groups in total. The number of benzene rings is 1. The molecule has 0 saturated carbocycles. The van der Waals surface area contributed by atoms with Crippen LogP contribution in [-0.2, 0) is 9.59 Å². The van der Waals surface area contributed by atoms with Gasteiger partial charge in [0.1, 0.15) is 0 Å². The van der Waals surface area contributed by atoms with Crippen molar-refractivity contribution < 1.29 is 19.1 Å². The van der Waals surface area contributed by atoms with E-state index in [4.69, 9.17) is 9.47 Å². The Hall–Kier alpha value is -2.28. The number of nitrogens with one attached hydrogen (secondary N) is 2. The van der Waals surface area contributed by atoms with Gasteiger partial charge in [0.2, 0.25) is 18.6 Å². The predicted molar refractivity (Wildman–Crippen MR) is 75.2 cm³/mol. The highest BCUT2D eigenvalue weighted by atomic mass is 16.7. The summed E-state index contributed by atoms with van der Waals surface area (Å²) in [5.41, 5.74) is 0.651. The Bertz CT molecular complexity index is 575.